The fourth-order valence-corrected chi connectivity index (χ4v) is 8.37. The molecule has 0 aliphatic heterocycles. The molecule has 0 aromatic rings. The average molecular weight is 390 g/mol. The van der Waals surface area contributed by atoms with Gasteiger partial charge in [-0.25, -0.2) is 0 Å². The molecule has 4 aliphatic carbocycles. The quantitative estimate of drug-likeness (QED) is 0.328. The van der Waals surface area contributed by atoms with Crippen molar-refractivity contribution in [3.63, 3.8) is 0 Å². The van der Waals surface area contributed by atoms with Crippen molar-refractivity contribution in [1.29, 1.82) is 0 Å². The zero-order chi connectivity index (χ0) is 19.4. The third-order valence-electron chi connectivity index (χ3n) is 8.44. The maximum atomic E-state index is 6.52. The topological polar surface area (TPSA) is 30.8 Å². The van der Waals surface area contributed by atoms with Crippen LogP contribution in [0.1, 0.15) is 65.2 Å². The normalized spacial score (nSPS) is 45.7. The molecule has 152 valence electrons. The first-order valence-electron chi connectivity index (χ1n) is 11.2. The van der Waals surface area contributed by atoms with Gasteiger partial charge in [0.15, 0.2) is 8.32 Å². The summed E-state index contributed by atoms with van der Waals surface area (Å²) in [5, 5.41) is 4.43. The fourth-order valence-electron chi connectivity index (χ4n) is 7.15. The Kier molecular flexibility index (Phi) is 4.90. The highest BCUT2D eigenvalue weighted by molar-refractivity contribution is 6.69. The third-order valence-corrected chi connectivity index (χ3v) is 9.48. The molecule has 27 heavy (non-hydrogen) atoms. The summed E-state index contributed by atoms with van der Waals surface area (Å²) in [7, 11) is 0.253. The van der Waals surface area contributed by atoms with Gasteiger partial charge in [0, 0.05) is 11.5 Å². The molecule has 0 bridgehead atoms. The van der Waals surface area contributed by atoms with Gasteiger partial charge in [-0.15, -0.1) is 0 Å². The molecular weight excluding hydrogens is 350 g/mol. The molecule has 6 atom stereocenters. The van der Waals surface area contributed by atoms with Crippen LogP contribution in [0.25, 0.3) is 0 Å². The molecule has 0 radical (unpaired) electrons. The zero-order valence-corrected chi connectivity index (χ0v) is 19.3. The second kappa shape index (κ2) is 6.72. The molecule has 4 heteroatoms. The predicted octanol–water partition coefficient (Wildman–Crippen LogP) is 6.17. The van der Waals surface area contributed by atoms with Gasteiger partial charge >= 0.3 is 0 Å². The highest BCUT2D eigenvalue weighted by Gasteiger charge is 2.56. The van der Waals surface area contributed by atoms with Gasteiger partial charge < -0.3 is 9.26 Å². The van der Waals surface area contributed by atoms with Gasteiger partial charge in [-0.1, -0.05) is 30.7 Å². The van der Waals surface area contributed by atoms with Crippen LogP contribution in [0.5, 0.6) is 0 Å². The molecule has 4 rings (SSSR count). The van der Waals surface area contributed by atoms with E-state index in [1.54, 1.807) is 7.11 Å². The van der Waals surface area contributed by atoms with Gasteiger partial charge in [0.25, 0.3) is 0 Å². The van der Waals surface area contributed by atoms with E-state index < -0.39 is 8.32 Å². The summed E-state index contributed by atoms with van der Waals surface area (Å²) in [5.41, 5.74) is 3.76. The molecule has 3 saturated carbocycles. The molecular formula is C23H39NO2Si. The lowest BCUT2D eigenvalue weighted by molar-refractivity contribution is 0.00334. The zero-order valence-electron chi connectivity index (χ0n) is 18.3. The summed E-state index contributed by atoms with van der Waals surface area (Å²) < 4.78 is 6.52. The number of oxime groups is 1. The van der Waals surface area contributed by atoms with Crippen LogP contribution in [-0.4, -0.2) is 27.2 Å². The second-order valence-electron chi connectivity index (χ2n) is 11.1. The van der Waals surface area contributed by atoms with Crippen molar-refractivity contribution in [2.75, 3.05) is 7.11 Å². The number of hydrogen-bond acceptors (Lipinski definition) is 3. The van der Waals surface area contributed by atoms with Crippen molar-refractivity contribution in [3.05, 3.63) is 11.6 Å². The van der Waals surface area contributed by atoms with Crippen LogP contribution in [0.4, 0.5) is 0 Å². The van der Waals surface area contributed by atoms with Crippen molar-refractivity contribution >= 4 is 14.0 Å². The van der Waals surface area contributed by atoms with Crippen LogP contribution in [0.2, 0.25) is 19.6 Å². The van der Waals surface area contributed by atoms with Gasteiger partial charge in [-0.3, -0.25) is 0 Å². The lowest BCUT2D eigenvalue weighted by Gasteiger charge is -2.56. The predicted molar refractivity (Wildman–Crippen MR) is 114 cm³/mol. The molecule has 0 unspecified atom stereocenters. The second-order valence-corrected chi connectivity index (χ2v) is 15.5. The van der Waals surface area contributed by atoms with Gasteiger partial charge in [0.05, 0.1) is 5.71 Å². The maximum Gasteiger partial charge on any atom is 0.184 e. The van der Waals surface area contributed by atoms with Crippen LogP contribution >= 0.6 is 0 Å². The summed E-state index contributed by atoms with van der Waals surface area (Å²) in [5.74, 6) is 2.34. The van der Waals surface area contributed by atoms with E-state index in [1.165, 1.54) is 44.2 Å². The van der Waals surface area contributed by atoms with Crippen LogP contribution in [0, 0.1) is 28.6 Å². The van der Waals surface area contributed by atoms with E-state index in [1.807, 2.05) is 5.57 Å². The molecule has 0 amide bonds. The molecule has 3 nitrogen and oxygen atoms in total. The Bertz CT molecular complexity index is 651. The smallest absolute Gasteiger partial charge is 0.184 e. The molecule has 0 heterocycles. The Morgan fingerprint density at radius 3 is 2.56 bits per heavy atom. The molecule has 0 spiro atoms. The highest BCUT2D eigenvalue weighted by Crippen LogP contribution is 2.63. The molecule has 4 aliphatic rings. The third kappa shape index (κ3) is 3.25. The van der Waals surface area contributed by atoms with Gasteiger partial charge in [-0.2, -0.15) is 0 Å². The van der Waals surface area contributed by atoms with E-state index in [4.69, 9.17) is 9.26 Å². The van der Waals surface area contributed by atoms with Crippen LogP contribution in [0.3, 0.4) is 0 Å². The standard InChI is InChI=1S/C23H39NO2Si/c1-22-13-11-17(26-27(4,5)6)15-16(22)7-8-18-19-9-10-21(24-25-3)23(19,2)14-12-20(18)22/h12,16-19H,7-11,13-15H2,1-6H3/b24-21+/t16-,17+,18-,19-,22-,23-/m0/s1. The fraction of sp³-hybridized carbons (Fsp3) is 0.870. The highest BCUT2D eigenvalue weighted by atomic mass is 28.4. The molecule has 3 fully saturated rings. The minimum atomic E-state index is -1.44. The van der Waals surface area contributed by atoms with Crippen molar-refractivity contribution in [2.24, 2.45) is 33.7 Å². The minimum absolute atomic E-state index is 0.228. The number of rotatable bonds is 3. The van der Waals surface area contributed by atoms with Gasteiger partial charge in [0.2, 0.25) is 0 Å². The number of allylic oxidation sites excluding steroid dienone is 2. The van der Waals surface area contributed by atoms with E-state index in [0.717, 1.165) is 30.6 Å². The summed E-state index contributed by atoms with van der Waals surface area (Å²) in [6, 6.07) is 0. The Morgan fingerprint density at radius 1 is 1.07 bits per heavy atom. The van der Waals surface area contributed by atoms with Crippen LogP contribution in [-0.2, 0) is 9.26 Å². The Hall–Kier alpha value is -0.613. The number of nitrogens with zero attached hydrogens (tertiary/aromatic N) is 1. The SMILES string of the molecule is CO/N=C1\CC[C@H]2[C@@H]3CC[C@H]4C[C@H](O[Si](C)(C)C)CC[C@]4(C)C3=CC[C@]12C. The number of hydrogen-bond donors (Lipinski definition) is 0. The molecule has 0 saturated heterocycles. The summed E-state index contributed by atoms with van der Waals surface area (Å²) in [6.07, 6.45) is 13.3. The summed E-state index contributed by atoms with van der Waals surface area (Å²) in [6.45, 7) is 12.0. The summed E-state index contributed by atoms with van der Waals surface area (Å²) in [4.78, 5) is 5.19. The van der Waals surface area contributed by atoms with E-state index >= 15 is 0 Å². The maximum absolute atomic E-state index is 6.52. The Labute approximate surface area is 167 Å². The van der Waals surface area contributed by atoms with Gasteiger partial charge in [0.1, 0.15) is 7.11 Å². The van der Waals surface area contributed by atoms with Crippen molar-refractivity contribution in [1.82, 2.24) is 0 Å². The largest absolute Gasteiger partial charge is 0.415 e. The van der Waals surface area contributed by atoms with Crippen LogP contribution < -0.4 is 0 Å². The monoisotopic (exact) mass is 389 g/mol. The van der Waals surface area contributed by atoms with Crippen molar-refractivity contribution in [3.8, 4) is 0 Å². The molecule has 0 aromatic heterocycles. The summed E-state index contributed by atoms with van der Waals surface area (Å²) >= 11 is 0. The first-order chi connectivity index (χ1) is 12.7. The Balaban J connectivity index is 1.57. The van der Waals surface area contributed by atoms with E-state index in [-0.39, 0.29) is 5.41 Å². The molecule has 0 aromatic carbocycles. The average Bonchev–Trinajstić information content (AvgIpc) is 2.91. The van der Waals surface area contributed by atoms with Crippen molar-refractivity contribution in [2.45, 2.75) is 91.0 Å². The van der Waals surface area contributed by atoms with E-state index in [9.17, 15) is 0 Å². The van der Waals surface area contributed by atoms with E-state index in [2.05, 4.69) is 44.7 Å². The minimum Gasteiger partial charge on any atom is -0.415 e. The molecule has 0 N–H and O–H groups in total. The lowest BCUT2D eigenvalue weighted by atomic mass is 9.49. The van der Waals surface area contributed by atoms with E-state index in [0.29, 0.717) is 11.5 Å². The van der Waals surface area contributed by atoms with Crippen molar-refractivity contribution < 1.29 is 9.26 Å². The first-order valence-corrected chi connectivity index (χ1v) is 14.6. The Morgan fingerprint density at radius 2 is 1.85 bits per heavy atom. The van der Waals surface area contributed by atoms with Crippen LogP contribution in [0.15, 0.2) is 16.8 Å². The van der Waals surface area contributed by atoms with Gasteiger partial charge in [-0.05, 0) is 94.2 Å². The first kappa shape index (κ1) is 19.7. The lowest BCUT2D eigenvalue weighted by Crippen LogP contribution is -2.49. The number of fused-ring (bicyclic) bond motifs is 5.